The molecule has 1 unspecified atom stereocenters. The fourth-order valence-corrected chi connectivity index (χ4v) is 2.73. The van der Waals surface area contributed by atoms with Crippen molar-refractivity contribution in [2.45, 2.75) is 33.7 Å². The molecule has 0 aliphatic rings. The summed E-state index contributed by atoms with van der Waals surface area (Å²) in [6, 6.07) is 12.3. The maximum Gasteiger partial charge on any atom is 0.360 e. The van der Waals surface area contributed by atoms with E-state index in [1.165, 1.54) is 21.1 Å². The van der Waals surface area contributed by atoms with Crippen LogP contribution in [0.15, 0.2) is 52.8 Å². The molecule has 0 heterocycles. The Hall–Kier alpha value is -3.42. The molecule has 0 aromatic heterocycles. The molecule has 30 heavy (non-hydrogen) atoms. The maximum atomic E-state index is 13.1. The molecule has 0 aliphatic heterocycles. The first kappa shape index (κ1) is 22.9. The second-order valence-corrected chi connectivity index (χ2v) is 6.35. The molecule has 0 aliphatic carbocycles. The van der Waals surface area contributed by atoms with Gasteiger partial charge in [0.1, 0.15) is 19.5 Å². The zero-order valence-corrected chi connectivity index (χ0v) is 17.6. The number of esters is 1. The SMILES string of the molecule is CO/N=C(/C(=O)OC)c1cccc(C)c1CO/N=C(\C)c1cccc(OC(C)F)c1. The molecule has 8 heteroatoms. The van der Waals surface area contributed by atoms with Gasteiger partial charge in [0.2, 0.25) is 6.36 Å². The van der Waals surface area contributed by atoms with Crippen LogP contribution in [0, 0.1) is 6.92 Å². The minimum atomic E-state index is -1.41. The lowest BCUT2D eigenvalue weighted by Gasteiger charge is -2.13. The van der Waals surface area contributed by atoms with Gasteiger partial charge in [-0.3, -0.25) is 0 Å². The van der Waals surface area contributed by atoms with Crippen LogP contribution in [0.2, 0.25) is 0 Å². The van der Waals surface area contributed by atoms with Gasteiger partial charge in [-0.1, -0.05) is 40.6 Å². The topological polar surface area (TPSA) is 78.7 Å². The van der Waals surface area contributed by atoms with Gasteiger partial charge in [-0.25, -0.2) is 9.18 Å². The van der Waals surface area contributed by atoms with Crippen LogP contribution in [0.4, 0.5) is 4.39 Å². The minimum Gasteiger partial charge on any atom is -0.464 e. The van der Waals surface area contributed by atoms with Gasteiger partial charge in [0, 0.05) is 23.6 Å². The van der Waals surface area contributed by atoms with Crippen molar-refractivity contribution in [3.05, 3.63) is 64.7 Å². The number of aryl methyl sites for hydroxylation is 1. The van der Waals surface area contributed by atoms with Crippen molar-refractivity contribution in [1.82, 2.24) is 0 Å². The van der Waals surface area contributed by atoms with Crippen molar-refractivity contribution in [2.75, 3.05) is 14.2 Å². The van der Waals surface area contributed by atoms with Gasteiger partial charge < -0.3 is 19.1 Å². The predicted octanol–water partition coefficient (Wildman–Crippen LogP) is 4.15. The molecule has 1 atom stereocenters. The molecular weight excluding hydrogens is 391 g/mol. The summed E-state index contributed by atoms with van der Waals surface area (Å²) in [7, 11) is 2.62. The zero-order valence-electron chi connectivity index (χ0n) is 17.6. The second-order valence-electron chi connectivity index (χ2n) is 6.35. The largest absolute Gasteiger partial charge is 0.464 e. The van der Waals surface area contributed by atoms with E-state index in [-0.39, 0.29) is 12.3 Å². The maximum absolute atomic E-state index is 13.1. The molecule has 2 rings (SSSR count). The summed E-state index contributed by atoms with van der Waals surface area (Å²) in [4.78, 5) is 22.4. The Morgan fingerprint density at radius 1 is 1.13 bits per heavy atom. The van der Waals surface area contributed by atoms with Gasteiger partial charge >= 0.3 is 5.97 Å². The van der Waals surface area contributed by atoms with E-state index >= 15 is 0 Å². The molecule has 0 saturated carbocycles. The van der Waals surface area contributed by atoms with Gasteiger partial charge in [-0.2, -0.15) is 0 Å². The third kappa shape index (κ3) is 6.04. The van der Waals surface area contributed by atoms with E-state index < -0.39 is 12.3 Å². The van der Waals surface area contributed by atoms with E-state index in [0.717, 1.165) is 16.7 Å². The molecule has 0 bridgehead atoms. The smallest absolute Gasteiger partial charge is 0.360 e. The number of alkyl halides is 1. The van der Waals surface area contributed by atoms with Gasteiger partial charge in [0.05, 0.1) is 12.8 Å². The molecule has 0 saturated heterocycles. The Morgan fingerprint density at radius 2 is 1.87 bits per heavy atom. The Morgan fingerprint density at radius 3 is 2.53 bits per heavy atom. The lowest BCUT2D eigenvalue weighted by atomic mass is 9.99. The fraction of sp³-hybridized carbons (Fsp3) is 0.318. The van der Waals surface area contributed by atoms with Crippen LogP contribution in [0.25, 0.3) is 0 Å². The Labute approximate surface area is 175 Å². The number of oxime groups is 2. The molecular formula is C22H25FN2O5. The van der Waals surface area contributed by atoms with Crippen molar-refractivity contribution < 1.29 is 28.3 Å². The molecule has 7 nitrogen and oxygen atoms in total. The summed E-state index contributed by atoms with van der Waals surface area (Å²) in [6.07, 6.45) is -1.41. The van der Waals surface area contributed by atoms with Crippen molar-refractivity contribution in [3.63, 3.8) is 0 Å². The lowest BCUT2D eigenvalue weighted by molar-refractivity contribution is -0.132. The number of carbonyl (C=O) groups is 1. The van der Waals surface area contributed by atoms with Crippen molar-refractivity contribution in [3.8, 4) is 5.75 Å². The Bertz CT molecular complexity index is 941. The summed E-state index contributed by atoms with van der Waals surface area (Å²) in [6.45, 7) is 5.06. The van der Waals surface area contributed by atoms with Crippen LogP contribution in [0.5, 0.6) is 5.75 Å². The number of carbonyl (C=O) groups excluding carboxylic acids is 1. The quantitative estimate of drug-likeness (QED) is 0.349. The second kappa shape index (κ2) is 10.9. The first-order chi connectivity index (χ1) is 14.4. The lowest BCUT2D eigenvalue weighted by Crippen LogP contribution is -2.20. The number of ether oxygens (including phenoxy) is 2. The van der Waals surface area contributed by atoms with Crippen LogP contribution in [-0.4, -0.2) is 38.0 Å². The number of nitrogens with zero attached hydrogens (tertiary/aromatic N) is 2. The third-order valence-corrected chi connectivity index (χ3v) is 4.19. The number of benzene rings is 2. The number of halogens is 1. The normalized spacial score (nSPS) is 12.9. The number of rotatable bonds is 9. The van der Waals surface area contributed by atoms with Crippen LogP contribution in [0.3, 0.4) is 0 Å². The molecule has 2 aromatic carbocycles. The van der Waals surface area contributed by atoms with E-state index in [1.54, 1.807) is 37.3 Å². The van der Waals surface area contributed by atoms with E-state index in [4.69, 9.17) is 19.1 Å². The fourth-order valence-electron chi connectivity index (χ4n) is 2.73. The number of methoxy groups -OCH3 is 1. The number of hydrogen-bond acceptors (Lipinski definition) is 7. The van der Waals surface area contributed by atoms with Crippen molar-refractivity contribution >= 4 is 17.4 Å². The molecule has 2 aromatic rings. The monoisotopic (exact) mass is 416 g/mol. The summed E-state index contributed by atoms with van der Waals surface area (Å²) in [5.41, 5.74) is 3.49. The molecule has 0 radical (unpaired) electrons. The highest BCUT2D eigenvalue weighted by Gasteiger charge is 2.20. The van der Waals surface area contributed by atoms with E-state index in [1.807, 2.05) is 19.1 Å². The van der Waals surface area contributed by atoms with Gasteiger partial charge in [-0.05, 0) is 31.5 Å². The predicted molar refractivity (Wildman–Crippen MR) is 111 cm³/mol. The highest BCUT2D eigenvalue weighted by atomic mass is 19.1. The van der Waals surface area contributed by atoms with E-state index in [9.17, 15) is 9.18 Å². The van der Waals surface area contributed by atoms with Crippen LogP contribution >= 0.6 is 0 Å². The third-order valence-electron chi connectivity index (χ3n) is 4.19. The van der Waals surface area contributed by atoms with Crippen LogP contribution in [0.1, 0.15) is 36.1 Å². The summed E-state index contributed by atoms with van der Waals surface area (Å²) in [5.74, 6) is -0.223. The highest BCUT2D eigenvalue weighted by molar-refractivity contribution is 6.43. The average Bonchev–Trinajstić information content (AvgIpc) is 2.72. The summed E-state index contributed by atoms with van der Waals surface area (Å²) >= 11 is 0. The molecule has 0 N–H and O–H groups in total. The first-order valence-corrected chi connectivity index (χ1v) is 9.23. The van der Waals surface area contributed by atoms with Crippen LogP contribution in [-0.2, 0) is 25.8 Å². The standard InChI is InChI=1S/C22H25FN2O5/c1-14-8-6-11-19(21(25-28-5)22(26)27-4)20(14)13-29-24-15(2)17-9-7-10-18(12-17)30-16(3)23/h6-12,16H,13H2,1-5H3/b24-15+,25-21+. The Kier molecular flexibility index (Phi) is 8.34. The Balaban J connectivity index is 2.24. The van der Waals surface area contributed by atoms with Crippen molar-refractivity contribution in [2.24, 2.45) is 10.3 Å². The van der Waals surface area contributed by atoms with E-state index in [2.05, 4.69) is 10.3 Å². The zero-order chi connectivity index (χ0) is 22.1. The van der Waals surface area contributed by atoms with Gasteiger partial charge in [0.15, 0.2) is 5.71 Å². The number of hydrogen-bond donors (Lipinski definition) is 0. The molecule has 0 spiro atoms. The summed E-state index contributed by atoms with van der Waals surface area (Å²) in [5, 5.41) is 7.94. The minimum absolute atomic E-state index is 0.0354. The van der Waals surface area contributed by atoms with Crippen molar-refractivity contribution in [1.29, 1.82) is 0 Å². The van der Waals surface area contributed by atoms with E-state index in [0.29, 0.717) is 17.0 Å². The first-order valence-electron chi connectivity index (χ1n) is 9.23. The molecule has 0 amide bonds. The van der Waals surface area contributed by atoms with Crippen LogP contribution < -0.4 is 4.74 Å². The highest BCUT2D eigenvalue weighted by Crippen LogP contribution is 2.19. The van der Waals surface area contributed by atoms with Gasteiger partial charge in [0.25, 0.3) is 0 Å². The van der Waals surface area contributed by atoms with Gasteiger partial charge in [-0.15, -0.1) is 0 Å². The molecule has 160 valence electrons. The summed E-state index contributed by atoms with van der Waals surface area (Å²) < 4.78 is 22.9. The average molecular weight is 416 g/mol. The molecule has 0 fully saturated rings.